The number of halogens is 1. The van der Waals surface area contributed by atoms with E-state index in [4.69, 9.17) is 4.74 Å². The minimum absolute atomic E-state index is 0.151. The number of benzene rings is 1. The molecule has 0 aliphatic heterocycles. The van der Waals surface area contributed by atoms with Gasteiger partial charge in [-0.15, -0.1) is 0 Å². The average Bonchev–Trinajstić information content (AvgIpc) is 2.21. The summed E-state index contributed by atoms with van der Waals surface area (Å²) in [5.41, 5.74) is 5.06. The van der Waals surface area contributed by atoms with Gasteiger partial charge in [-0.2, -0.15) is 0 Å². The summed E-state index contributed by atoms with van der Waals surface area (Å²) in [5.74, 6) is -0.779. The van der Waals surface area contributed by atoms with Gasteiger partial charge < -0.3 is 4.74 Å². The molecule has 0 radical (unpaired) electrons. The van der Waals surface area contributed by atoms with Gasteiger partial charge in [-0.1, -0.05) is 0 Å². The molecule has 0 aliphatic carbocycles. The molecule has 0 spiro atoms. The van der Waals surface area contributed by atoms with Crippen LogP contribution in [0.2, 0.25) is 0 Å². The molecule has 0 saturated carbocycles. The van der Waals surface area contributed by atoms with Gasteiger partial charge in [-0.25, -0.2) is 9.82 Å². The summed E-state index contributed by atoms with van der Waals surface area (Å²) in [6.07, 6.45) is 0. The van der Waals surface area contributed by atoms with Gasteiger partial charge in [0.05, 0.1) is 6.61 Å². The van der Waals surface area contributed by atoms with E-state index in [0.717, 1.165) is 6.07 Å². The molecule has 0 fully saturated rings. The van der Waals surface area contributed by atoms with Crippen LogP contribution in [0.3, 0.4) is 0 Å². The van der Waals surface area contributed by atoms with Crippen molar-refractivity contribution in [2.45, 2.75) is 6.92 Å². The molecule has 1 amide bonds. The molecule has 0 aromatic heterocycles. The van der Waals surface area contributed by atoms with Crippen LogP contribution < -0.4 is 15.6 Å². The van der Waals surface area contributed by atoms with Gasteiger partial charge >= 0.3 is 0 Å². The van der Waals surface area contributed by atoms with E-state index in [2.05, 4.69) is 10.9 Å². The number of nitrogens with one attached hydrogen (secondary N) is 2. The highest BCUT2D eigenvalue weighted by Crippen LogP contribution is 2.18. The van der Waals surface area contributed by atoms with Crippen LogP contribution in [-0.2, 0) is 0 Å². The van der Waals surface area contributed by atoms with Gasteiger partial charge in [-0.05, 0) is 25.1 Å². The maximum absolute atomic E-state index is 13.3. The molecular weight excluding hydrogens is 199 g/mol. The van der Waals surface area contributed by atoms with E-state index in [1.807, 2.05) is 0 Å². The molecule has 0 unspecified atom stereocenters. The van der Waals surface area contributed by atoms with Crippen LogP contribution in [0.4, 0.5) is 4.39 Å². The van der Waals surface area contributed by atoms with Crippen molar-refractivity contribution < 1.29 is 13.9 Å². The fraction of sp³-hybridized carbons (Fsp3) is 0.300. The molecule has 15 heavy (non-hydrogen) atoms. The molecule has 0 saturated heterocycles. The predicted molar refractivity (Wildman–Crippen MR) is 54.1 cm³/mol. The largest absolute Gasteiger partial charge is 0.491 e. The summed E-state index contributed by atoms with van der Waals surface area (Å²) in [6, 6.07) is 4.07. The van der Waals surface area contributed by atoms with Crippen LogP contribution in [0.5, 0.6) is 5.75 Å². The molecule has 82 valence electrons. The molecule has 1 aromatic rings. The lowest BCUT2D eigenvalue weighted by atomic mass is 10.2. The number of hydrogen-bond acceptors (Lipinski definition) is 3. The van der Waals surface area contributed by atoms with Crippen molar-refractivity contribution in [2.24, 2.45) is 0 Å². The van der Waals surface area contributed by atoms with E-state index in [-0.39, 0.29) is 17.2 Å². The lowest BCUT2D eigenvalue weighted by Crippen LogP contribution is -2.34. The Bertz CT molecular complexity index is 355. The fourth-order valence-electron chi connectivity index (χ4n) is 1.10. The van der Waals surface area contributed by atoms with Crippen LogP contribution in [-0.4, -0.2) is 19.6 Å². The molecule has 2 N–H and O–H groups in total. The monoisotopic (exact) mass is 212 g/mol. The minimum atomic E-state index is -0.541. The van der Waals surface area contributed by atoms with E-state index >= 15 is 0 Å². The molecule has 0 aliphatic rings. The Morgan fingerprint density at radius 1 is 1.53 bits per heavy atom. The SMILES string of the molecule is CCOc1ccc(C(=O)NNC)cc1F. The van der Waals surface area contributed by atoms with E-state index in [1.165, 1.54) is 12.1 Å². The van der Waals surface area contributed by atoms with Gasteiger partial charge in [0.25, 0.3) is 5.91 Å². The molecule has 4 nitrogen and oxygen atoms in total. The van der Waals surface area contributed by atoms with Crippen LogP contribution in [0, 0.1) is 5.82 Å². The highest BCUT2D eigenvalue weighted by atomic mass is 19.1. The maximum atomic E-state index is 13.3. The third-order valence-corrected chi connectivity index (χ3v) is 1.73. The molecule has 5 heteroatoms. The van der Waals surface area contributed by atoms with Crippen LogP contribution in [0.15, 0.2) is 18.2 Å². The summed E-state index contributed by atoms with van der Waals surface area (Å²) in [4.78, 5) is 11.3. The van der Waals surface area contributed by atoms with Gasteiger partial charge in [0.1, 0.15) is 0 Å². The number of hydrogen-bond donors (Lipinski definition) is 2. The molecule has 0 bridgehead atoms. The number of rotatable bonds is 4. The fourth-order valence-corrected chi connectivity index (χ4v) is 1.10. The van der Waals surface area contributed by atoms with Crippen molar-refractivity contribution in [1.29, 1.82) is 0 Å². The predicted octanol–water partition coefficient (Wildman–Crippen LogP) is 1.09. The third-order valence-electron chi connectivity index (χ3n) is 1.73. The minimum Gasteiger partial charge on any atom is -0.491 e. The Morgan fingerprint density at radius 3 is 2.80 bits per heavy atom. The Labute approximate surface area is 87.4 Å². The first-order valence-corrected chi connectivity index (χ1v) is 4.58. The normalized spacial score (nSPS) is 9.80. The van der Waals surface area contributed by atoms with Crippen molar-refractivity contribution >= 4 is 5.91 Å². The van der Waals surface area contributed by atoms with Gasteiger partial charge in [0.2, 0.25) is 0 Å². The lowest BCUT2D eigenvalue weighted by Gasteiger charge is -2.06. The molecule has 1 aromatic carbocycles. The topological polar surface area (TPSA) is 50.4 Å². The van der Waals surface area contributed by atoms with E-state index in [0.29, 0.717) is 6.61 Å². The van der Waals surface area contributed by atoms with Crippen LogP contribution in [0.1, 0.15) is 17.3 Å². The second-order valence-electron chi connectivity index (χ2n) is 2.78. The van der Waals surface area contributed by atoms with Crippen LogP contribution in [0.25, 0.3) is 0 Å². The van der Waals surface area contributed by atoms with E-state index in [1.54, 1.807) is 14.0 Å². The lowest BCUT2D eigenvalue weighted by molar-refractivity contribution is 0.0937. The number of ether oxygens (including phenoxy) is 1. The van der Waals surface area contributed by atoms with Crippen LogP contribution >= 0.6 is 0 Å². The number of carbonyl (C=O) groups excluding carboxylic acids is 1. The average molecular weight is 212 g/mol. The van der Waals surface area contributed by atoms with Crippen molar-refractivity contribution in [1.82, 2.24) is 10.9 Å². The summed E-state index contributed by atoms with van der Waals surface area (Å²) in [5, 5.41) is 0. The maximum Gasteiger partial charge on any atom is 0.265 e. The highest BCUT2D eigenvalue weighted by Gasteiger charge is 2.09. The van der Waals surface area contributed by atoms with Gasteiger partial charge in [-0.3, -0.25) is 10.2 Å². The number of hydrazine groups is 1. The summed E-state index contributed by atoms with van der Waals surface area (Å²) in [6.45, 7) is 2.15. The summed E-state index contributed by atoms with van der Waals surface area (Å²) < 4.78 is 18.3. The first kappa shape index (κ1) is 11.5. The van der Waals surface area contributed by atoms with E-state index < -0.39 is 5.82 Å². The van der Waals surface area contributed by atoms with Crippen molar-refractivity contribution in [3.63, 3.8) is 0 Å². The first-order chi connectivity index (χ1) is 7.19. The number of amides is 1. The van der Waals surface area contributed by atoms with E-state index in [9.17, 15) is 9.18 Å². The first-order valence-electron chi connectivity index (χ1n) is 4.58. The third kappa shape index (κ3) is 2.92. The standard InChI is InChI=1S/C10H13FN2O2/c1-3-15-9-5-4-7(6-8(9)11)10(14)13-12-2/h4-6,12H,3H2,1-2H3,(H,13,14). The Balaban J connectivity index is 2.86. The van der Waals surface area contributed by atoms with Gasteiger partial charge in [0.15, 0.2) is 11.6 Å². The zero-order chi connectivity index (χ0) is 11.3. The summed E-state index contributed by atoms with van der Waals surface area (Å²) in [7, 11) is 1.56. The van der Waals surface area contributed by atoms with Gasteiger partial charge in [0, 0.05) is 12.6 Å². The Kier molecular flexibility index (Phi) is 4.05. The Morgan fingerprint density at radius 2 is 2.27 bits per heavy atom. The molecule has 0 atom stereocenters. The molecule has 0 heterocycles. The zero-order valence-corrected chi connectivity index (χ0v) is 8.63. The van der Waals surface area contributed by atoms with Crippen molar-refractivity contribution in [3.05, 3.63) is 29.6 Å². The van der Waals surface area contributed by atoms with Crippen molar-refractivity contribution in [3.8, 4) is 5.75 Å². The quantitative estimate of drug-likeness (QED) is 0.734. The summed E-state index contributed by atoms with van der Waals surface area (Å²) >= 11 is 0. The molecule has 1 rings (SSSR count). The zero-order valence-electron chi connectivity index (χ0n) is 8.63. The van der Waals surface area contributed by atoms with Crippen molar-refractivity contribution in [2.75, 3.05) is 13.7 Å². The number of carbonyl (C=O) groups is 1. The Hall–Kier alpha value is -1.62. The second-order valence-corrected chi connectivity index (χ2v) is 2.78. The smallest absolute Gasteiger partial charge is 0.265 e. The second kappa shape index (κ2) is 5.31. The highest BCUT2D eigenvalue weighted by molar-refractivity contribution is 5.93. The molecular formula is C10H13FN2O2.